The van der Waals surface area contributed by atoms with Gasteiger partial charge in [0.1, 0.15) is 0 Å². The lowest BCUT2D eigenvalue weighted by molar-refractivity contribution is 0.1000. The number of benzene rings is 1. The van der Waals surface area contributed by atoms with Crippen molar-refractivity contribution in [3.8, 4) is 6.07 Å². The molecule has 0 bridgehead atoms. The zero-order chi connectivity index (χ0) is 10.7. The summed E-state index contributed by atoms with van der Waals surface area (Å²) in [4.78, 5) is 10.9. The van der Waals surface area contributed by atoms with Crippen LogP contribution in [0.1, 0.15) is 21.5 Å². The minimum absolute atomic E-state index is 0.241. The molecule has 0 saturated heterocycles. The summed E-state index contributed by atoms with van der Waals surface area (Å²) in [7, 11) is 0. The lowest BCUT2D eigenvalue weighted by Gasteiger charge is -2.05. The second kappa shape index (κ2) is 4.22. The van der Waals surface area contributed by atoms with Crippen molar-refractivity contribution in [1.82, 2.24) is 0 Å². The van der Waals surface area contributed by atoms with Crippen molar-refractivity contribution in [2.24, 2.45) is 5.73 Å². The molecular weight excluding hydrogens is 248 g/mol. The first kappa shape index (κ1) is 10.7. The van der Waals surface area contributed by atoms with Crippen molar-refractivity contribution in [3.05, 3.63) is 33.3 Å². The van der Waals surface area contributed by atoms with Gasteiger partial charge in [-0.15, -0.1) is 0 Å². The topological polar surface area (TPSA) is 87.1 Å². The highest BCUT2D eigenvalue weighted by molar-refractivity contribution is 9.10. The second-order valence-corrected chi connectivity index (χ2v) is 3.47. The highest BCUT2D eigenvalue weighted by Crippen LogP contribution is 2.22. The molecule has 4 nitrogen and oxygen atoms in total. The molecule has 1 aromatic carbocycles. The number of nitriles is 1. The number of carbonyl (C=O) groups excluding carboxylic acids is 1. The molecule has 0 aliphatic carbocycles. The first-order valence-electron chi connectivity index (χ1n) is 3.73. The standard InChI is InChI=1S/C9H7BrN2O2/c10-8-2-5(9(12)14)1-6(3-11)7(8)4-13/h1-2,13H,4H2,(H2,12,14). The van der Waals surface area contributed by atoms with Crippen LogP contribution in [0.5, 0.6) is 0 Å². The Morgan fingerprint density at radius 3 is 2.71 bits per heavy atom. The molecule has 0 aliphatic rings. The number of rotatable bonds is 2. The number of hydrogen-bond acceptors (Lipinski definition) is 3. The van der Waals surface area contributed by atoms with Gasteiger partial charge >= 0.3 is 0 Å². The molecule has 0 aliphatic heterocycles. The van der Waals surface area contributed by atoms with Gasteiger partial charge in [-0.05, 0) is 12.1 Å². The summed E-state index contributed by atoms with van der Waals surface area (Å²) >= 11 is 3.15. The van der Waals surface area contributed by atoms with Crippen LogP contribution >= 0.6 is 15.9 Å². The SMILES string of the molecule is N#Cc1cc(C(N)=O)cc(Br)c1CO. The fourth-order valence-corrected chi connectivity index (χ4v) is 1.62. The maximum absolute atomic E-state index is 10.9. The summed E-state index contributed by atoms with van der Waals surface area (Å²) in [6, 6.07) is 4.73. The van der Waals surface area contributed by atoms with Gasteiger partial charge in [0.25, 0.3) is 0 Å². The smallest absolute Gasteiger partial charge is 0.248 e. The Kier molecular flexibility index (Phi) is 3.23. The lowest BCUT2D eigenvalue weighted by atomic mass is 10.1. The van der Waals surface area contributed by atoms with Crippen molar-refractivity contribution >= 4 is 21.8 Å². The number of hydrogen-bond donors (Lipinski definition) is 2. The van der Waals surface area contributed by atoms with Crippen LogP contribution in [0.15, 0.2) is 16.6 Å². The van der Waals surface area contributed by atoms with Gasteiger partial charge in [0.15, 0.2) is 0 Å². The fraction of sp³-hybridized carbons (Fsp3) is 0.111. The van der Waals surface area contributed by atoms with Crippen LogP contribution in [-0.4, -0.2) is 11.0 Å². The van der Waals surface area contributed by atoms with E-state index in [0.717, 1.165) is 0 Å². The Hall–Kier alpha value is -1.38. The molecule has 72 valence electrons. The van der Waals surface area contributed by atoms with Gasteiger partial charge in [0.2, 0.25) is 5.91 Å². The molecule has 1 aromatic rings. The molecule has 0 atom stereocenters. The summed E-state index contributed by atoms with van der Waals surface area (Å²) in [6.07, 6.45) is 0. The van der Waals surface area contributed by atoms with Gasteiger partial charge in [-0.25, -0.2) is 0 Å². The number of primary amides is 1. The van der Waals surface area contributed by atoms with E-state index in [-0.39, 0.29) is 17.7 Å². The van der Waals surface area contributed by atoms with Crippen LogP contribution in [0.25, 0.3) is 0 Å². The Morgan fingerprint density at radius 1 is 1.64 bits per heavy atom. The van der Waals surface area contributed by atoms with Crippen LogP contribution in [-0.2, 0) is 6.61 Å². The number of aliphatic hydroxyl groups is 1. The summed E-state index contributed by atoms with van der Waals surface area (Å²) in [5.74, 6) is -0.605. The predicted molar refractivity (Wildman–Crippen MR) is 53.3 cm³/mol. The van der Waals surface area contributed by atoms with E-state index >= 15 is 0 Å². The maximum atomic E-state index is 10.9. The molecule has 5 heteroatoms. The van der Waals surface area contributed by atoms with Gasteiger partial charge in [-0.1, -0.05) is 15.9 Å². The summed E-state index contributed by atoms with van der Waals surface area (Å²) in [6.45, 7) is -0.261. The first-order valence-corrected chi connectivity index (χ1v) is 4.52. The Labute approximate surface area is 89.1 Å². The fourth-order valence-electron chi connectivity index (χ4n) is 1.04. The quantitative estimate of drug-likeness (QED) is 0.823. The van der Waals surface area contributed by atoms with Gasteiger partial charge < -0.3 is 10.8 Å². The molecule has 1 amide bonds. The van der Waals surface area contributed by atoms with E-state index in [2.05, 4.69) is 15.9 Å². The lowest BCUT2D eigenvalue weighted by Crippen LogP contribution is -2.11. The van der Waals surface area contributed by atoms with Crippen LogP contribution < -0.4 is 5.73 Å². The van der Waals surface area contributed by atoms with E-state index in [1.807, 2.05) is 6.07 Å². The van der Waals surface area contributed by atoms with Crippen molar-refractivity contribution in [2.75, 3.05) is 0 Å². The maximum Gasteiger partial charge on any atom is 0.248 e. The number of halogens is 1. The zero-order valence-corrected chi connectivity index (χ0v) is 8.71. The number of amides is 1. The third-order valence-corrected chi connectivity index (χ3v) is 2.47. The third kappa shape index (κ3) is 1.92. The molecule has 0 unspecified atom stereocenters. The highest BCUT2D eigenvalue weighted by Gasteiger charge is 2.10. The molecule has 0 spiro atoms. The summed E-state index contributed by atoms with van der Waals surface area (Å²) in [5.41, 5.74) is 6.01. The molecule has 1 rings (SSSR count). The van der Waals surface area contributed by atoms with Crippen molar-refractivity contribution < 1.29 is 9.90 Å². The number of nitrogens with two attached hydrogens (primary N) is 1. The van der Waals surface area contributed by atoms with Crippen molar-refractivity contribution in [3.63, 3.8) is 0 Å². The Morgan fingerprint density at radius 2 is 2.29 bits per heavy atom. The summed E-state index contributed by atoms with van der Waals surface area (Å²) in [5, 5.41) is 17.7. The monoisotopic (exact) mass is 254 g/mol. The number of carbonyl (C=O) groups is 1. The van der Waals surface area contributed by atoms with E-state index in [1.165, 1.54) is 12.1 Å². The molecule has 0 saturated carbocycles. The first-order chi connectivity index (χ1) is 6.60. The van der Waals surface area contributed by atoms with Crippen LogP contribution in [0.3, 0.4) is 0 Å². The van der Waals surface area contributed by atoms with Gasteiger partial charge in [-0.3, -0.25) is 4.79 Å². The normalized spacial score (nSPS) is 9.50. The van der Waals surface area contributed by atoms with E-state index < -0.39 is 5.91 Å². The molecule has 3 N–H and O–H groups in total. The van der Waals surface area contributed by atoms with E-state index in [0.29, 0.717) is 10.0 Å². The largest absolute Gasteiger partial charge is 0.392 e. The number of nitrogens with zero attached hydrogens (tertiary/aromatic N) is 1. The van der Waals surface area contributed by atoms with E-state index in [1.54, 1.807) is 0 Å². The molecule has 0 heterocycles. The van der Waals surface area contributed by atoms with Gasteiger partial charge in [0.05, 0.1) is 18.2 Å². The van der Waals surface area contributed by atoms with E-state index in [9.17, 15) is 4.79 Å². The van der Waals surface area contributed by atoms with Crippen molar-refractivity contribution in [1.29, 1.82) is 5.26 Å². The van der Waals surface area contributed by atoms with Crippen LogP contribution in [0, 0.1) is 11.3 Å². The number of aliphatic hydroxyl groups excluding tert-OH is 1. The average Bonchev–Trinajstić information content (AvgIpc) is 2.16. The molecule has 0 fully saturated rings. The zero-order valence-electron chi connectivity index (χ0n) is 7.12. The molecule has 0 radical (unpaired) electrons. The molecule has 0 aromatic heterocycles. The third-order valence-electron chi connectivity index (χ3n) is 1.76. The predicted octanol–water partition coefficient (Wildman–Crippen LogP) is 0.912. The second-order valence-electron chi connectivity index (χ2n) is 2.62. The van der Waals surface area contributed by atoms with E-state index in [4.69, 9.17) is 16.1 Å². The minimum Gasteiger partial charge on any atom is -0.392 e. The Bertz CT molecular complexity index is 424. The average molecular weight is 255 g/mol. The minimum atomic E-state index is -0.605. The van der Waals surface area contributed by atoms with Crippen LogP contribution in [0.2, 0.25) is 0 Å². The molecule has 14 heavy (non-hydrogen) atoms. The molecular formula is C9H7BrN2O2. The van der Waals surface area contributed by atoms with Crippen molar-refractivity contribution in [2.45, 2.75) is 6.61 Å². The highest BCUT2D eigenvalue weighted by atomic mass is 79.9. The van der Waals surface area contributed by atoms with Crippen LogP contribution in [0.4, 0.5) is 0 Å². The Balaban J connectivity index is 3.41. The van der Waals surface area contributed by atoms with Gasteiger partial charge in [0, 0.05) is 15.6 Å². The summed E-state index contributed by atoms with van der Waals surface area (Å²) < 4.78 is 0.507. The van der Waals surface area contributed by atoms with Gasteiger partial charge in [-0.2, -0.15) is 5.26 Å².